The molecule has 0 bridgehead atoms. The highest BCUT2D eigenvalue weighted by Gasteiger charge is 2.15. The molecule has 6 nitrogen and oxygen atoms in total. The van der Waals surface area contributed by atoms with Crippen LogP contribution in [0, 0.1) is 0 Å². The Kier molecular flexibility index (Phi) is 3.70. The zero-order valence-corrected chi connectivity index (χ0v) is 11.1. The number of sulfonamides is 1. The molecule has 7 heteroatoms. The van der Waals surface area contributed by atoms with Crippen LogP contribution >= 0.6 is 0 Å². The normalized spacial score (nSPS) is 13.6. The summed E-state index contributed by atoms with van der Waals surface area (Å²) in [7, 11) is -3.61. The van der Waals surface area contributed by atoms with Gasteiger partial charge in [0.2, 0.25) is 10.0 Å². The molecule has 0 fully saturated rings. The van der Waals surface area contributed by atoms with Gasteiger partial charge in [0.05, 0.1) is 4.90 Å². The van der Waals surface area contributed by atoms with E-state index >= 15 is 0 Å². The van der Waals surface area contributed by atoms with Crippen molar-refractivity contribution in [3.63, 3.8) is 0 Å². The van der Waals surface area contributed by atoms with Crippen molar-refractivity contribution in [2.45, 2.75) is 17.9 Å². The molecule has 1 unspecified atom stereocenters. The van der Waals surface area contributed by atoms with Crippen LogP contribution in [0.2, 0.25) is 0 Å². The minimum Gasteiger partial charge on any atom is -0.423 e. The quantitative estimate of drug-likeness (QED) is 0.791. The summed E-state index contributed by atoms with van der Waals surface area (Å²) in [6.45, 7) is 1.86. The van der Waals surface area contributed by atoms with Crippen molar-refractivity contribution in [3.05, 3.63) is 40.8 Å². The molecule has 0 spiro atoms. The highest BCUT2D eigenvalue weighted by atomic mass is 32.2. The minimum absolute atomic E-state index is 0.106. The molecule has 3 N–H and O–H groups in total. The third kappa shape index (κ3) is 3.19. The van der Waals surface area contributed by atoms with Crippen LogP contribution in [0.25, 0.3) is 11.0 Å². The third-order valence-corrected chi connectivity index (χ3v) is 3.92. The molecule has 102 valence electrons. The summed E-state index contributed by atoms with van der Waals surface area (Å²) < 4.78 is 31.3. The van der Waals surface area contributed by atoms with Crippen molar-refractivity contribution in [1.82, 2.24) is 4.72 Å². The van der Waals surface area contributed by atoms with Gasteiger partial charge in [0.15, 0.2) is 0 Å². The van der Waals surface area contributed by atoms with Crippen LogP contribution in [-0.4, -0.2) is 21.0 Å². The van der Waals surface area contributed by atoms with Crippen LogP contribution < -0.4 is 16.1 Å². The number of fused-ring (bicyclic) bond motifs is 1. The first-order chi connectivity index (χ1) is 8.88. The average molecular weight is 282 g/mol. The zero-order chi connectivity index (χ0) is 14.0. The van der Waals surface area contributed by atoms with E-state index < -0.39 is 15.6 Å². The summed E-state index contributed by atoms with van der Waals surface area (Å²) in [6, 6.07) is 6.78. The maximum absolute atomic E-state index is 12.0. The standard InChI is InChI=1S/C12H14N2O4S/c1-8(13)7-14-19(16,17)10-3-4-11-9(6-10)2-5-12(15)18-11/h2-6,8,14H,7,13H2,1H3. The van der Waals surface area contributed by atoms with Gasteiger partial charge >= 0.3 is 5.63 Å². The van der Waals surface area contributed by atoms with E-state index in [0.29, 0.717) is 11.0 Å². The van der Waals surface area contributed by atoms with Crippen molar-refractivity contribution in [1.29, 1.82) is 0 Å². The van der Waals surface area contributed by atoms with Crippen LogP contribution in [-0.2, 0) is 10.0 Å². The summed E-state index contributed by atoms with van der Waals surface area (Å²) in [6.07, 6.45) is 0. The Bertz CT molecular complexity index is 750. The number of nitrogens with one attached hydrogen (secondary N) is 1. The van der Waals surface area contributed by atoms with Gasteiger partial charge in [-0.25, -0.2) is 17.9 Å². The summed E-state index contributed by atoms with van der Waals surface area (Å²) in [5, 5.41) is 0.545. The second kappa shape index (κ2) is 5.12. The molecule has 1 aromatic carbocycles. The Balaban J connectivity index is 2.40. The molecule has 1 heterocycles. The molecule has 2 aromatic rings. The summed E-state index contributed by atoms with van der Waals surface area (Å²) in [5.41, 5.74) is 5.38. The molecule has 0 radical (unpaired) electrons. The highest BCUT2D eigenvalue weighted by molar-refractivity contribution is 7.89. The fourth-order valence-electron chi connectivity index (χ4n) is 1.54. The number of hydrogen-bond donors (Lipinski definition) is 2. The van der Waals surface area contributed by atoms with E-state index in [1.807, 2.05) is 0 Å². The average Bonchev–Trinajstić information content (AvgIpc) is 2.36. The van der Waals surface area contributed by atoms with Crippen LogP contribution in [0.3, 0.4) is 0 Å². The highest BCUT2D eigenvalue weighted by Crippen LogP contribution is 2.17. The van der Waals surface area contributed by atoms with Gasteiger partial charge in [0, 0.05) is 24.0 Å². The second-order valence-corrected chi connectivity index (χ2v) is 6.05. The molecule has 0 saturated heterocycles. The van der Waals surface area contributed by atoms with Crippen LogP contribution in [0.1, 0.15) is 6.92 Å². The predicted molar refractivity (Wildman–Crippen MR) is 71.3 cm³/mol. The lowest BCUT2D eigenvalue weighted by atomic mass is 10.2. The molecule has 0 aliphatic rings. The maximum Gasteiger partial charge on any atom is 0.336 e. The van der Waals surface area contributed by atoms with Crippen molar-refractivity contribution in [2.24, 2.45) is 5.73 Å². The van der Waals surface area contributed by atoms with Gasteiger partial charge in [-0.05, 0) is 31.2 Å². The summed E-state index contributed by atoms with van der Waals surface area (Å²) >= 11 is 0. The van der Waals surface area contributed by atoms with Gasteiger partial charge in [0.25, 0.3) is 0 Å². The van der Waals surface area contributed by atoms with E-state index in [2.05, 4.69) is 4.72 Å². The van der Waals surface area contributed by atoms with Gasteiger partial charge in [-0.2, -0.15) is 0 Å². The Labute approximate surface area is 110 Å². The van der Waals surface area contributed by atoms with Crippen molar-refractivity contribution >= 4 is 21.0 Å². The number of rotatable bonds is 4. The van der Waals surface area contributed by atoms with Crippen LogP contribution in [0.15, 0.2) is 44.4 Å². The van der Waals surface area contributed by atoms with Gasteiger partial charge in [0.1, 0.15) is 5.58 Å². The van der Waals surface area contributed by atoms with Gasteiger partial charge in [-0.15, -0.1) is 0 Å². The lowest BCUT2D eigenvalue weighted by Gasteiger charge is -2.09. The monoisotopic (exact) mass is 282 g/mol. The van der Waals surface area contributed by atoms with Crippen molar-refractivity contribution in [2.75, 3.05) is 6.54 Å². The van der Waals surface area contributed by atoms with Gasteiger partial charge in [-0.3, -0.25) is 0 Å². The zero-order valence-electron chi connectivity index (χ0n) is 10.3. The fraction of sp³-hybridized carbons (Fsp3) is 0.250. The first kappa shape index (κ1) is 13.7. The Morgan fingerprint density at radius 1 is 1.32 bits per heavy atom. The van der Waals surface area contributed by atoms with E-state index in [4.69, 9.17) is 10.2 Å². The topological polar surface area (TPSA) is 102 Å². The Morgan fingerprint density at radius 3 is 2.74 bits per heavy atom. The molecule has 1 aromatic heterocycles. The largest absolute Gasteiger partial charge is 0.423 e. The third-order valence-electron chi connectivity index (χ3n) is 2.50. The maximum atomic E-state index is 12.0. The SMILES string of the molecule is CC(N)CNS(=O)(=O)c1ccc2oc(=O)ccc2c1. The predicted octanol–water partition coefficient (Wildman–Crippen LogP) is 0.419. The molecule has 0 saturated carbocycles. The minimum atomic E-state index is -3.61. The molecule has 0 amide bonds. The number of nitrogens with two attached hydrogens (primary N) is 1. The smallest absolute Gasteiger partial charge is 0.336 e. The van der Waals surface area contributed by atoms with E-state index in [0.717, 1.165) is 0 Å². The van der Waals surface area contributed by atoms with Crippen LogP contribution in [0.4, 0.5) is 0 Å². The van der Waals surface area contributed by atoms with Gasteiger partial charge in [-0.1, -0.05) is 0 Å². The molecular weight excluding hydrogens is 268 g/mol. The molecule has 1 atom stereocenters. The molecule has 0 aliphatic carbocycles. The molecule has 19 heavy (non-hydrogen) atoms. The summed E-state index contributed by atoms with van der Waals surface area (Å²) in [4.78, 5) is 11.1. The van der Waals surface area contributed by atoms with Crippen LogP contribution in [0.5, 0.6) is 0 Å². The number of benzene rings is 1. The molecule has 0 aliphatic heterocycles. The number of hydrogen-bond acceptors (Lipinski definition) is 5. The first-order valence-electron chi connectivity index (χ1n) is 5.68. The second-order valence-electron chi connectivity index (χ2n) is 4.28. The van der Waals surface area contributed by atoms with E-state index in [1.54, 1.807) is 6.92 Å². The van der Waals surface area contributed by atoms with Crippen molar-refractivity contribution in [3.8, 4) is 0 Å². The fourth-order valence-corrected chi connectivity index (χ4v) is 2.72. The lowest BCUT2D eigenvalue weighted by Crippen LogP contribution is -2.35. The lowest BCUT2D eigenvalue weighted by molar-refractivity contribution is 0.560. The Hall–Kier alpha value is -1.70. The summed E-state index contributed by atoms with van der Waals surface area (Å²) in [5.74, 6) is 0. The van der Waals surface area contributed by atoms with E-state index in [9.17, 15) is 13.2 Å². The molecule has 2 rings (SSSR count). The Morgan fingerprint density at radius 2 is 2.05 bits per heavy atom. The first-order valence-corrected chi connectivity index (χ1v) is 7.16. The molecular formula is C12H14N2O4S. The van der Waals surface area contributed by atoms with Gasteiger partial charge < -0.3 is 10.2 Å². The van der Waals surface area contributed by atoms with Crippen molar-refractivity contribution < 1.29 is 12.8 Å². The van der Waals surface area contributed by atoms with E-state index in [1.165, 1.54) is 30.3 Å². The van der Waals surface area contributed by atoms with E-state index in [-0.39, 0.29) is 17.5 Å².